The van der Waals surface area contributed by atoms with Crippen LogP contribution in [0.3, 0.4) is 0 Å². The highest BCUT2D eigenvalue weighted by molar-refractivity contribution is 5.14. The van der Waals surface area contributed by atoms with E-state index in [2.05, 4.69) is 10.1 Å². The predicted octanol–water partition coefficient (Wildman–Crippen LogP) is 1.47. The Morgan fingerprint density at radius 3 is 2.62 bits per heavy atom. The minimum Gasteiger partial charge on any atom is -0.246 e. The molecule has 0 amide bonds. The molecule has 1 heterocycles. The fourth-order valence-corrected chi connectivity index (χ4v) is 1.12. The van der Waals surface area contributed by atoms with Crippen LogP contribution in [0.2, 0.25) is 0 Å². The van der Waals surface area contributed by atoms with Crippen LogP contribution >= 0.6 is 0 Å². The molecule has 0 aliphatic rings. The lowest BCUT2D eigenvalue weighted by Crippen LogP contribution is -1.99. The number of rotatable bonds is 2. The van der Waals surface area contributed by atoms with Crippen molar-refractivity contribution in [2.24, 2.45) is 0 Å². The Hall–Kier alpha value is -1.71. The maximum Gasteiger partial charge on any atom is 0.327 e. The van der Waals surface area contributed by atoms with Crippen molar-refractivity contribution in [3.8, 4) is 0 Å². The highest BCUT2D eigenvalue weighted by Gasteiger charge is 1.98. The first-order valence-corrected chi connectivity index (χ1v) is 3.93. The van der Waals surface area contributed by atoms with Gasteiger partial charge in [-0.2, -0.15) is 9.37 Å². The molecule has 0 aliphatic heterocycles. The maximum absolute atomic E-state index is 12.4. The molecule has 0 bridgehead atoms. The van der Waals surface area contributed by atoms with Gasteiger partial charge < -0.3 is 0 Å². The van der Waals surface area contributed by atoms with E-state index in [4.69, 9.17) is 0 Å². The molecule has 0 saturated heterocycles. The zero-order valence-corrected chi connectivity index (χ0v) is 6.89. The smallest absolute Gasteiger partial charge is 0.246 e. The third-order valence-electron chi connectivity index (χ3n) is 1.70. The maximum atomic E-state index is 12.4. The molecule has 2 rings (SSSR count). The van der Waals surface area contributed by atoms with E-state index in [0.717, 1.165) is 5.56 Å². The van der Waals surface area contributed by atoms with Crippen LogP contribution in [-0.2, 0) is 6.54 Å². The fraction of sp³-hybridized carbons (Fsp3) is 0.111. The minimum atomic E-state index is -0.684. The summed E-state index contributed by atoms with van der Waals surface area (Å²) in [5, 5.41) is 3.54. The summed E-state index contributed by atoms with van der Waals surface area (Å²) in [7, 11) is 0. The Morgan fingerprint density at radius 2 is 2.00 bits per heavy atom. The highest BCUT2D eigenvalue weighted by atomic mass is 19.1. The van der Waals surface area contributed by atoms with E-state index in [-0.39, 0.29) is 0 Å². The van der Waals surface area contributed by atoms with Crippen molar-refractivity contribution in [2.75, 3.05) is 0 Å². The lowest BCUT2D eigenvalue weighted by molar-refractivity contribution is 0.520. The topological polar surface area (TPSA) is 30.7 Å². The molecule has 0 unspecified atom stereocenters. The molecule has 0 N–H and O–H groups in total. The van der Waals surface area contributed by atoms with Gasteiger partial charge in [-0.05, 0) is 5.56 Å². The SMILES string of the molecule is Fc1ncn(Cc2ccccc2)n1. The zero-order chi connectivity index (χ0) is 9.10. The van der Waals surface area contributed by atoms with Crippen molar-refractivity contribution in [3.63, 3.8) is 0 Å². The molecule has 0 saturated carbocycles. The van der Waals surface area contributed by atoms with E-state index < -0.39 is 6.08 Å². The Labute approximate surface area is 74.8 Å². The van der Waals surface area contributed by atoms with Gasteiger partial charge >= 0.3 is 6.08 Å². The summed E-state index contributed by atoms with van der Waals surface area (Å²) >= 11 is 0. The molecule has 4 heteroatoms. The van der Waals surface area contributed by atoms with Gasteiger partial charge in [-0.25, -0.2) is 4.68 Å². The van der Waals surface area contributed by atoms with Gasteiger partial charge in [0.15, 0.2) is 0 Å². The van der Waals surface area contributed by atoms with Crippen LogP contribution in [0.25, 0.3) is 0 Å². The van der Waals surface area contributed by atoms with Crippen molar-refractivity contribution in [2.45, 2.75) is 6.54 Å². The van der Waals surface area contributed by atoms with Gasteiger partial charge in [-0.1, -0.05) is 30.3 Å². The van der Waals surface area contributed by atoms with Crippen LogP contribution in [0.5, 0.6) is 0 Å². The van der Waals surface area contributed by atoms with Crippen molar-refractivity contribution in [1.29, 1.82) is 0 Å². The fourth-order valence-electron chi connectivity index (χ4n) is 1.12. The summed E-state index contributed by atoms with van der Waals surface area (Å²) in [4.78, 5) is 3.40. The molecule has 1 aromatic heterocycles. The number of hydrogen-bond acceptors (Lipinski definition) is 2. The van der Waals surface area contributed by atoms with Crippen LogP contribution in [-0.4, -0.2) is 14.8 Å². The monoisotopic (exact) mass is 177 g/mol. The van der Waals surface area contributed by atoms with Gasteiger partial charge in [-0.15, -0.1) is 5.10 Å². The number of benzene rings is 1. The van der Waals surface area contributed by atoms with Crippen LogP contribution in [0.1, 0.15) is 5.56 Å². The number of halogens is 1. The van der Waals surface area contributed by atoms with Gasteiger partial charge in [0.2, 0.25) is 0 Å². The zero-order valence-electron chi connectivity index (χ0n) is 6.89. The summed E-state index contributed by atoms with van der Waals surface area (Å²) in [5.74, 6) is 0. The van der Waals surface area contributed by atoms with Gasteiger partial charge in [0, 0.05) is 0 Å². The van der Waals surface area contributed by atoms with E-state index in [9.17, 15) is 4.39 Å². The summed E-state index contributed by atoms with van der Waals surface area (Å²) in [6.07, 6.45) is 0.693. The quantitative estimate of drug-likeness (QED) is 0.695. The molecule has 66 valence electrons. The number of aromatic nitrogens is 3. The van der Waals surface area contributed by atoms with Crippen LogP contribution < -0.4 is 0 Å². The van der Waals surface area contributed by atoms with Gasteiger partial charge in [0.05, 0.1) is 6.54 Å². The number of nitrogens with zero attached hydrogens (tertiary/aromatic N) is 3. The molecule has 2 aromatic rings. The molecule has 0 spiro atoms. The minimum absolute atomic E-state index is 0.553. The Bertz CT molecular complexity index is 383. The molecular formula is C9H8FN3. The molecular weight excluding hydrogens is 169 g/mol. The van der Waals surface area contributed by atoms with Crippen molar-refractivity contribution < 1.29 is 4.39 Å². The van der Waals surface area contributed by atoms with Gasteiger partial charge in [0.1, 0.15) is 6.33 Å². The summed E-state index contributed by atoms with van der Waals surface area (Å²) in [5.41, 5.74) is 1.08. The lowest BCUT2D eigenvalue weighted by atomic mass is 10.2. The third kappa shape index (κ3) is 1.90. The van der Waals surface area contributed by atoms with Crippen LogP contribution in [0, 0.1) is 6.08 Å². The largest absolute Gasteiger partial charge is 0.327 e. The summed E-state index contributed by atoms with van der Waals surface area (Å²) in [6.45, 7) is 0.553. The average Bonchev–Trinajstić information content (AvgIpc) is 2.53. The van der Waals surface area contributed by atoms with Crippen molar-refractivity contribution in [3.05, 3.63) is 48.3 Å². The third-order valence-corrected chi connectivity index (χ3v) is 1.70. The molecule has 1 aromatic carbocycles. The molecule has 13 heavy (non-hydrogen) atoms. The lowest BCUT2D eigenvalue weighted by Gasteiger charge is -1.98. The highest BCUT2D eigenvalue weighted by Crippen LogP contribution is 2.00. The molecule has 0 radical (unpaired) electrons. The summed E-state index contributed by atoms with van der Waals surface area (Å²) < 4.78 is 13.8. The Morgan fingerprint density at radius 1 is 1.23 bits per heavy atom. The second kappa shape index (κ2) is 3.35. The first-order chi connectivity index (χ1) is 6.34. The molecule has 0 atom stereocenters. The van der Waals surface area contributed by atoms with Crippen molar-refractivity contribution >= 4 is 0 Å². The summed E-state index contributed by atoms with van der Waals surface area (Å²) in [6, 6.07) is 9.72. The van der Waals surface area contributed by atoms with Gasteiger partial charge in [0.25, 0.3) is 0 Å². The normalized spacial score (nSPS) is 10.2. The first kappa shape index (κ1) is 7.91. The number of hydrogen-bond donors (Lipinski definition) is 0. The molecule has 0 aliphatic carbocycles. The standard InChI is InChI=1S/C9H8FN3/c10-9-11-7-13(12-9)6-8-4-2-1-3-5-8/h1-5,7H,6H2. The molecule has 0 fully saturated rings. The Balaban J connectivity index is 2.15. The Kier molecular flexibility index (Phi) is 2.04. The van der Waals surface area contributed by atoms with Crippen molar-refractivity contribution in [1.82, 2.24) is 14.8 Å². The average molecular weight is 177 g/mol. The molecule has 3 nitrogen and oxygen atoms in total. The first-order valence-electron chi connectivity index (χ1n) is 3.93. The van der Waals surface area contributed by atoms with Gasteiger partial charge in [-0.3, -0.25) is 0 Å². The second-order valence-electron chi connectivity index (χ2n) is 2.70. The van der Waals surface area contributed by atoms with E-state index >= 15 is 0 Å². The predicted molar refractivity (Wildman–Crippen MR) is 45.5 cm³/mol. The van der Waals surface area contributed by atoms with E-state index in [1.807, 2.05) is 30.3 Å². The van der Waals surface area contributed by atoms with E-state index in [0.29, 0.717) is 6.54 Å². The second-order valence-corrected chi connectivity index (χ2v) is 2.70. The van der Waals surface area contributed by atoms with E-state index in [1.54, 1.807) is 0 Å². The van der Waals surface area contributed by atoms with Crippen LogP contribution in [0.15, 0.2) is 36.7 Å². The van der Waals surface area contributed by atoms with Crippen LogP contribution in [0.4, 0.5) is 4.39 Å². The van der Waals surface area contributed by atoms with E-state index in [1.165, 1.54) is 11.0 Å².